The maximum absolute atomic E-state index is 14.3. The van der Waals surface area contributed by atoms with Gasteiger partial charge in [0.2, 0.25) is 0 Å². The lowest BCUT2D eigenvalue weighted by Crippen LogP contribution is -2.38. The number of nitrogens with zero attached hydrogens (tertiary/aromatic N) is 1. The minimum atomic E-state index is -0.399. The summed E-state index contributed by atoms with van der Waals surface area (Å²) in [6.45, 7) is 9.73. The van der Waals surface area contributed by atoms with Crippen LogP contribution in [0, 0.1) is 23.0 Å². The quantitative estimate of drug-likeness (QED) is 0.625. The molecule has 0 saturated heterocycles. The number of hydrogen-bond donors (Lipinski definition) is 0. The lowest BCUT2D eigenvalue weighted by molar-refractivity contribution is 0.130. The van der Waals surface area contributed by atoms with Crippen LogP contribution in [-0.2, 0) is 6.54 Å². The average Bonchev–Trinajstić information content (AvgIpc) is 2.99. The van der Waals surface area contributed by atoms with E-state index in [2.05, 4.69) is 44.7 Å². The summed E-state index contributed by atoms with van der Waals surface area (Å²) in [4.78, 5) is 2.30. The van der Waals surface area contributed by atoms with Crippen molar-refractivity contribution in [2.75, 3.05) is 0 Å². The van der Waals surface area contributed by atoms with E-state index >= 15 is 0 Å². The van der Waals surface area contributed by atoms with Gasteiger partial charge < -0.3 is 4.90 Å². The molecule has 0 amide bonds. The second-order valence-electron chi connectivity index (χ2n) is 8.36. The lowest BCUT2D eigenvalue weighted by Gasteiger charge is -2.38. The summed E-state index contributed by atoms with van der Waals surface area (Å²) in [5.74, 6) is -0.359. The van der Waals surface area contributed by atoms with Gasteiger partial charge in [0, 0.05) is 24.4 Å². The minimum Gasteiger partial charge on any atom is -0.369 e. The van der Waals surface area contributed by atoms with Gasteiger partial charge in [-0.05, 0) is 47.1 Å². The third-order valence-electron chi connectivity index (χ3n) is 5.60. The second-order valence-corrected chi connectivity index (χ2v) is 8.36. The first-order chi connectivity index (χ1) is 12.3. The lowest BCUT2D eigenvalue weighted by atomic mass is 9.76. The topological polar surface area (TPSA) is 3.24 Å². The molecular weight excluding hydrogens is 328 g/mol. The summed E-state index contributed by atoms with van der Waals surface area (Å²) in [6.07, 6.45) is 2.75. The van der Waals surface area contributed by atoms with Gasteiger partial charge in [0.1, 0.15) is 11.6 Å². The van der Waals surface area contributed by atoms with E-state index in [1.54, 1.807) is 0 Å². The third kappa shape index (κ3) is 3.98. The molecule has 26 heavy (non-hydrogen) atoms. The van der Waals surface area contributed by atoms with Crippen LogP contribution in [0.25, 0.3) is 5.57 Å². The normalized spacial score (nSPS) is 18.8. The van der Waals surface area contributed by atoms with Gasteiger partial charge in [0.05, 0.1) is 0 Å². The number of benzene rings is 2. The predicted octanol–water partition coefficient (Wildman–Crippen LogP) is 6.26. The molecule has 3 rings (SSSR count). The van der Waals surface area contributed by atoms with Crippen molar-refractivity contribution in [2.45, 2.75) is 46.7 Å². The van der Waals surface area contributed by atoms with E-state index in [4.69, 9.17) is 0 Å². The minimum absolute atomic E-state index is 0.128. The van der Waals surface area contributed by atoms with E-state index in [0.717, 1.165) is 18.5 Å². The molecule has 0 saturated carbocycles. The highest BCUT2D eigenvalue weighted by Gasteiger charge is 2.36. The van der Waals surface area contributed by atoms with Gasteiger partial charge in [0.15, 0.2) is 0 Å². The highest BCUT2D eigenvalue weighted by Crippen LogP contribution is 2.41. The zero-order chi connectivity index (χ0) is 18.9. The van der Waals surface area contributed by atoms with Crippen LogP contribution in [0.3, 0.4) is 0 Å². The van der Waals surface area contributed by atoms with Crippen LogP contribution < -0.4 is 0 Å². The van der Waals surface area contributed by atoms with Gasteiger partial charge in [-0.25, -0.2) is 8.78 Å². The van der Waals surface area contributed by atoms with Crippen molar-refractivity contribution in [1.29, 1.82) is 0 Å². The Hall–Kier alpha value is -2.16. The fourth-order valence-electron chi connectivity index (χ4n) is 3.61. The molecule has 1 aliphatic rings. The van der Waals surface area contributed by atoms with Crippen LogP contribution in [0.5, 0.6) is 0 Å². The molecule has 0 bridgehead atoms. The van der Waals surface area contributed by atoms with Crippen molar-refractivity contribution >= 4 is 5.57 Å². The molecule has 0 aromatic heterocycles. The first-order valence-electron chi connectivity index (χ1n) is 9.21. The Kier molecular flexibility index (Phi) is 5.17. The predicted molar refractivity (Wildman–Crippen MR) is 103 cm³/mol. The number of rotatable bonds is 4. The van der Waals surface area contributed by atoms with Crippen LogP contribution in [0.2, 0.25) is 0 Å². The van der Waals surface area contributed by atoms with E-state index in [-0.39, 0.29) is 17.3 Å². The fraction of sp³-hybridized carbons (Fsp3) is 0.391. The summed E-state index contributed by atoms with van der Waals surface area (Å²) in [6, 6.07) is 14.2. The van der Waals surface area contributed by atoms with Crippen molar-refractivity contribution < 1.29 is 8.78 Å². The number of hydrogen-bond acceptors (Lipinski definition) is 1. The van der Waals surface area contributed by atoms with Gasteiger partial charge in [-0.1, -0.05) is 58.0 Å². The van der Waals surface area contributed by atoms with Crippen molar-refractivity contribution in [3.63, 3.8) is 0 Å². The van der Waals surface area contributed by atoms with Gasteiger partial charge in [-0.3, -0.25) is 0 Å². The molecule has 1 nitrogen and oxygen atoms in total. The molecular formula is C23H27F2N. The molecule has 1 heterocycles. The average molecular weight is 355 g/mol. The largest absolute Gasteiger partial charge is 0.369 e. The van der Waals surface area contributed by atoms with Crippen LogP contribution in [0.15, 0.2) is 54.7 Å². The van der Waals surface area contributed by atoms with Crippen LogP contribution >= 0.6 is 0 Å². The molecule has 2 aromatic carbocycles. The highest BCUT2D eigenvalue weighted by atomic mass is 19.1. The Morgan fingerprint density at radius 1 is 1.08 bits per heavy atom. The summed E-state index contributed by atoms with van der Waals surface area (Å²) < 4.78 is 28.0. The molecule has 0 fully saturated rings. The molecule has 3 heteroatoms. The van der Waals surface area contributed by atoms with E-state index in [0.29, 0.717) is 11.5 Å². The first kappa shape index (κ1) is 18.6. The molecule has 1 aliphatic heterocycles. The zero-order valence-corrected chi connectivity index (χ0v) is 16.0. The maximum atomic E-state index is 14.3. The Morgan fingerprint density at radius 3 is 2.42 bits per heavy atom. The van der Waals surface area contributed by atoms with Crippen LogP contribution in [0.1, 0.15) is 45.2 Å². The standard InChI is InChI=1S/C23H27F2N/c1-16(23(2,3)4)22-12-18(20-13-19(24)10-11-21(20)25)15-26(22)14-17-8-6-5-7-9-17/h5-11,13,15-16,22H,12,14H2,1-4H3/t16-,22?/m0/s1. The van der Waals surface area contributed by atoms with E-state index in [9.17, 15) is 8.78 Å². The number of halogens is 2. The summed E-state index contributed by atoms with van der Waals surface area (Å²) >= 11 is 0. The van der Waals surface area contributed by atoms with Crippen LogP contribution in [0.4, 0.5) is 8.78 Å². The maximum Gasteiger partial charge on any atom is 0.130 e. The zero-order valence-electron chi connectivity index (χ0n) is 16.0. The van der Waals surface area contributed by atoms with Crippen molar-refractivity contribution in [2.24, 2.45) is 11.3 Å². The molecule has 2 atom stereocenters. The molecule has 138 valence electrons. The SMILES string of the molecule is C[C@@H](C1CC(c2cc(F)ccc2F)=CN1Cc1ccccc1)C(C)(C)C. The third-order valence-corrected chi connectivity index (χ3v) is 5.60. The summed E-state index contributed by atoms with van der Waals surface area (Å²) in [7, 11) is 0. The van der Waals surface area contributed by atoms with Crippen molar-refractivity contribution in [3.8, 4) is 0 Å². The van der Waals surface area contributed by atoms with Gasteiger partial charge in [0.25, 0.3) is 0 Å². The Bertz CT molecular complexity index is 790. The molecule has 0 aliphatic carbocycles. The summed E-state index contributed by atoms with van der Waals surface area (Å²) in [5, 5.41) is 0. The molecule has 1 unspecified atom stereocenters. The van der Waals surface area contributed by atoms with E-state index in [1.165, 1.54) is 23.8 Å². The van der Waals surface area contributed by atoms with Gasteiger partial charge in [-0.2, -0.15) is 0 Å². The Balaban J connectivity index is 1.94. The Labute approximate surface area is 155 Å². The molecule has 0 radical (unpaired) electrons. The van der Waals surface area contributed by atoms with E-state index < -0.39 is 5.82 Å². The van der Waals surface area contributed by atoms with Gasteiger partial charge in [-0.15, -0.1) is 0 Å². The highest BCUT2D eigenvalue weighted by molar-refractivity contribution is 5.68. The second kappa shape index (κ2) is 7.22. The monoisotopic (exact) mass is 355 g/mol. The summed E-state index contributed by atoms with van der Waals surface area (Å²) in [5.41, 5.74) is 2.60. The molecule has 0 spiro atoms. The Morgan fingerprint density at radius 2 is 1.77 bits per heavy atom. The van der Waals surface area contributed by atoms with Gasteiger partial charge >= 0.3 is 0 Å². The van der Waals surface area contributed by atoms with E-state index in [1.807, 2.05) is 24.4 Å². The first-order valence-corrected chi connectivity index (χ1v) is 9.21. The fourth-order valence-corrected chi connectivity index (χ4v) is 3.61. The molecule has 2 aromatic rings. The van der Waals surface area contributed by atoms with Crippen molar-refractivity contribution in [1.82, 2.24) is 4.90 Å². The van der Waals surface area contributed by atoms with Crippen molar-refractivity contribution in [3.05, 3.63) is 77.5 Å². The smallest absolute Gasteiger partial charge is 0.130 e. The van der Waals surface area contributed by atoms with Crippen LogP contribution in [-0.4, -0.2) is 10.9 Å². The molecule has 0 N–H and O–H groups in total.